The molecule has 3 rings (SSSR count). The summed E-state index contributed by atoms with van der Waals surface area (Å²) in [6.45, 7) is 11.1. The molecule has 2 N–H and O–H groups in total. The van der Waals surface area contributed by atoms with Gasteiger partial charge < -0.3 is 20.1 Å². The van der Waals surface area contributed by atoms with E-state index in [1.165, 1.54) is 0 Å². The SMILES string of the molecule is CCCC(NC(=O)C(C)(C)C)C(=O)Nc1cn(C(C(=O)N2CCC(C)CC2)c2ccccc2)cn1. The summed E-state index contributed by atoms with van der Waals surface area (Å²) >= 11 is 0. The molecule has 3 amide bonds. The second-order valence-corrected chi connectivity index (χ2v) is 10.6. The van der Waals surface area contributed by atoms with E-state index in [-0.39, 0.29) is 17.7 Å². The van der Waals surface area contributed by atoms with E-state index in [0.29, 0.717) is 18.2 Å². The fourth-order valence-electron chi connectivity index (χ4n) is 4.17. The number of likely N-dealkylation sites (tertiary alicyclic amines) is 1. The average Bonchev–Trinajstić information content (AvgIpc) is 3.27. The van der Waals surface area contributed by atoms with Gasteiger partial charge in [-0.3, -0.25) is 14.4 Å². The summed E-state index contributed by atoms with van der Waals surface area (Å²) in [5.74, 6) is 0.505. The van der Waals surface area contributed by atoms with Crippen LogP contribution in [0.2, 0.25) is 0 Å². The second-order valence-electron chi connectivity index (χ2n) is 10.6. The van der Waals surface area contributed by atoms with Crippen LogP contribution in [0, 0.1) is 11.3 Å². The number of carbonyl (C=O) groups is 3. The Balaban J connectivity index is 1.79. The third kappa shape index (κ3) is 6.93. The lowest BCUT2D eigenvalue weighted by Gasteiger charge is -2.33. The lowest BCUT2D eigenvalue weighted by Crippen LogP contribution is -2.47. The fourth-order valence-corrected chi connectivity index (χ4v) is 4.17. The van der Waals surface area contributed by atoms with Gasteiger partial charge in [0.2, 0.25) is 17.7 Å². The fraction of sp³-hybridized carbons (Fsp3) is 0.556. The summed E-state index contributed by atoms with van der Waals surface area (Å²) in [5, 5.41) is 5.68. The third-order valence-electron chi connectivity index (χ3n) is 6.48. The molecule has 1 saturated heterocycles. The Morgan fingerprint density at radius 1 is 1.11 bits per heavy atom. The van der Waals surface area contributed by atoms with Gasteiger partial charge in [0.25, 0.3) is 0 Å². The first-order valence-corrected chi connectivity index (χ1v) is 12.6. The first-order valence-electron chi connectivity index (χ1n) is 12.6. The summed E-state index contributed by atoms with van der Waals surface area (Å²) in [7, 11) is 0. The van der Waals surface area contributed by atoms with Crippen molar-refractivity contribution < 1.29 is 14.4 Å². The average molecular weight is 482 g/mol. The molecule has 0 aliphatic carbocycles. The number of amides is 3. The Kier molecular flexibility index (Phi) is 8.70. The quantitative estimate of drug-likeness (QED) is 0.596. The zero-order chi connectivity index (χ0) is 25.6. The van der Waals surface area contributed by atoms with E-state index in [2.05, 4.69) is 22.5 Å². The van der Waals surface area contributed by atoms with Crippen LogP contribution in [0.25, 0.3) is 0 Å². The minimum atomic E-state index is -0.654. The third-order valence-corrected chi connectivity index (χ3v) is 6.48. The van der Waals surface area contributed by atoms with Crippen LogP contribution >= 0.6 is 0 Å². The van der Waals surface area contributed by atoms with Gasteiger partial charge in [-0.25, -0.2) is 4.98 Å². The van der Waals surface area contributed by atoms with Crippen LogP contribution in [-0.2, 0) is 14.4 Å². The molecule has 8 nitrogen and oxygen atoms in total. The highest BCUT2D eigenvalue weighted by atomic mass is 16.2. The molecule has 2 heterocycles. The molecular formula is C27H39N5O3. The van der Waals surface area contributed by atoms with Crippen LogP contribution in [0.15, 0.2) is 42.9 Å². The van der Waals surface area contributed by atoms with E-state index in [1.807, 2.05) is 62.9 Å². The minimum Gasteiger partial charge on any atom is -0.344 e. The number of nitrogens with one attached hydrogen (secondary N) is 2. The van der Waals surface area contributed by atoms with Crippen molar-refractivity contribution >= 4 is 23.5 Å². The van der Waals surface area contributed by atoms with Gasteiger partial charge >= 0.3 is 0 Å². The summed E-state index contributed by atoms with van der Waals surface area (Å²) in [4.78, 5) is 45.3. The number of aromatic nitrogens is 2. The highest BCUT2D eigenvalue weighted by molar-refractivity contribution is 5.97. The predicted molar refractivity (Wildman–Crippen MR) is 137 cm³/mol. The van der Waals surface area contributed by atoms with Crippen molar-refractivity contribution in [2.45, 2.75) is 72.4 Å². The number of piperidine rings is 1. The van der Waals surface area contributed by atoms with E-state index in [0.717, 1.165) is 37.9 Å². The van der Waals surface area contributed by atoms with Crippen LogP contribution < -0.4 is 10.6 Å². The number of hydrogen-bond donors (Lipinski definition) is 2. The summed E-state index contributed by atoms with van der Waals surface area (Å²) in [6.07, 6.45) is 6.53. The Labute approximate surface area is 208 Å². The molecular weight excluding hydrogens is 442 g/mol. The molecule has 1 aliphatic rings. The van der Waals surface area contributed by atoms with Gasteiger partial charge in [0.15, 0.2) is 5.82 Å². The van der Waals surface area contributed by atoms with Gasteiger partial charge in [-0.1, -0.05) is 71.4 Å². The van der Waals surface area contributed by atoms with E-state index >= 15 is 0 Å². The summed E-state index contributed by atoms with van der Waals surface area (Å²) in [5.41, 5.74) is 0.274. The monoisotopic (exact) mass is 481 g/mol. The summed E-state index contributed by atoms with van der Waals surface area (Å²) < 4.78 is 1.76. The standard InChI is InChI=1S/C27H39N5O3/c1-6-10-21(29-26(35)27(3,4)5)24(33)30-22-17-32(18-28-22)23(20-11-8-7-9-12-20)25(34)31-15-13-19(2)14-16-31/h7-9,11-12,17-19,21,23H,6,10,13-16H2,1-5H3,(H,29,35)(H,30,33). The van der Waals surface area contributed by atoms with E-state index in [9.17, 15) is 14.4 Å². The molecule has 0 bridgehead atoms. The molecule has 190 valence electrons. The lowest BCUT2D eigenvalue weighted by molar-refractivity contribution is -0.135. The molecule has 2 atom stereocenters. The van der Waals surface area contributed by atoms with Crippen LogP contribution in [0.5, 0.6) is 0 Å². The molecule has 2 aromatic rings. The number of carbonyl (C=O) groups excluding carboxylic acids is 3. The number of rotatable bonds is 8. The van der Waals surface area contributed by atoms with Gasteiger partial charge in [-0.05, 0) is 30.7 Å². The number of anilines is 1. The van der Waals surface area contributed by atoms with Crippen LogP contribution in [0.3, 0.4) is 0 Å². The van der Waals surface area contributed by atoms with Gasteiger partial charge in [0.05, 0.1) is 6.33 Å². The normalized spacial score (nSPS) is 16.4. The maximum absolute atomic E-state index is 13.6. The Hall–Kier alpha value is -3.16. The Bertz CT molecular complexity index is 1000. The van der Waals surface area contributed by atoms with Crippen LogP contribution in [-0.4, -0.2) is 51.3 Å². The van der Waals surface area contributed by atoms with Crippen molar-refractivity contribution in [2.24, 2.45) is 11.3 Å². The smallest absolute Gasteiger partial charge is 0.250 e. The molecule has 1 fully saturated rings. The first-order chi connectivity index (χ1) is 16.6. The van der Waals surface area contributed by atoms with E-state index in [1.54, 1.807) is 17.1 Å². The molecule has 35 heavy (non-hydrogen) atoms. The number of nitrogens with zero attached hydrogens (tertiary/aromatic N) is 3. The van der Waals surface area contributed by atoms with Gasteiger partial charge in [0, 0.05) is 24.7 Å². The molecule has 0 spiro atoms. The predicted octanol–water partition coefficient (Wildman–Crippen LogP) is 4.00. The maximum atomic E-state index is 13.6. The van der Waals surface area contributed by atoms with Crippen molar-refractivity contribution in [2.75, 3.05) is 18.4 Å². The van der Waals surface area contributed by atoms with Gasteiger partial charge in [-0.2, -0.15) is 0 Å². The number of hydrogen-bond acceptors (Lipinski definition) is 4. The largest absolute Gasteiger partial charge is 0.344 e. The van der Waals surface area contributed by atoms with Crippen LogP contribution in [0.1, 0.15) is 71.9 Å². The summed E-state index contributed by atoms with van der Waals surface area (Å²) in [6, 6.07) is 8.42. The Morgan fingerprint density at radius 3 is 2.37 bits per heavy atom. The van der Waals surface area contributed by atoms with Crippen molar-refractivity contribution in [1.29, 1.82) is 0 Å². The van der Waals surface area contributed by atoms with Crippen molar-refractivity contribution in [3.63, 3.8) is 0 Å². The number of benzene rings is 1. The first kappa shape index (κ1) is 26.4. The maximum Gasteiger partial charge on any atom is 0.250 e. The highest BCUT2D eigenvalue weighted by Crippen LogP contribution is 2.26. The van der Waals surface area contributed by atoms with E-state index in [4.69, 9.17) is 0 Å². The van der Waals surface area contributed by atoms with Crippen molar-refractivity contribution in [1.82, 2.24) is 19.8 Å². The second kappa shape index (κ2) is 11.5. The lowest BCUT2D eigenvalue weighted by atomic mass is 9.95. The molecule has 0 saturated carbocycles. The van der Waals surface area contributed by atoms with E-state index < -0.39 is 17.5 Å². The number of imidazole rings is 1. The molecule has 1 aliphatic heterocycles. The molecule has 8 heteroatoms. The topological polar surface area (TPSA) is 96.3 Å². The minimum absolute atomic E-state index is 0.0275. The molecule has 1 aromatic carbocycles. The molecule has 0 radical (unpaired) electrons. The molecule has 1 aromatic heterocycles. The zero-order valence-electron chi connectivity index (χ0n) is 21.6. The highest BCUT2D eigenvalue weighted by Gasteiger charge is 2.31. The zero-order valence-corrected chi connectivity index (χ0v) is 21.6. The van der Waals surface area contributed by atoms with Crippen LogP contribution in [0.4, 0.5) is 5.82 Å². The Morgan fingerprint density at radius 2 is 1.77 bits per heavy atom. The van der Waals surface area contributed by atoms with Gasteiger partial charge in [-0.15, -0.1) is 0 Å². The van der Waals surface area contributed by atoms with Crippen molar-refractivity contribution in [3.05, 3.63) is 48.4 Å². The van der Waals surface area contributed by atoms with Crippen molar-refractivity contribution in [3.8, 4) is 0 Å². The van der Waals surface area contributed by atoms with Gasteiger partial charge in [0.1, 0.15) is 12.1 Å². The molecule has 2 unspecified atom stereocenters.